The Balaban J connectivity index is 1.78. The van der Waals surface area contributed by atoms with E-state index in [-0.39, 0.29) is 11.9 Å². The van der Waals surface area contributed by atoms with Crippen molar-refractivity contribution in [2.75, 3.05) is 13.2 Å². The zero-order valence-corrected chi connectivity index (χ0v) is 13.7. The highest BCUT2D eigenvalue weighted by atomic mass is 16.5. The summed E-state index contributed by atoms with van der Waals surface area (Å²) in [6, 6.07) is 4.00. The molecule has 0 aliphatic heterocycles. The number of aliphatic hydroxyl groups is 1. The number of aryl methyl sites for hydroxylation is 1. The normalized spacial score (nSPS) is 24.7. The van der Waals surface area contributed by atoms with Gasteiger partial charge in [-0.2, -0.15) is 0 Å². The van der Waals surface area contributed by atoms with Crippen LogP contribution in [-0.2, 0) is 15.1 Å². The van der Waals surface area contributed by atoms with Crippen LogP contribution in [0, 0.1) is 12.8 Å². The van der Waals surface area contributed by atoms with E-state index in [0.29, 0.717) is 25.0 Å². The van der Waals surface area contributed by atoms with Crippen molar-refractivity contribution in [1.29, 1.82) is 0 Å². The Bertz CT molecular complexity index is 487. The maximum atomic E-state index is 11.7. The van der Waals surface area contributed by atoms with Crippen molar-refractivity contribution in [2.45, 2.75) is 58.1 Å². The lowest BCUT2D eigenvalue weighted by atomic mass is 9.85. The van der Waals surface area contributed by atoms with E-state index in [4.69, 9.17) is 9.15 Å². The Morgan fingerprint density at radius 3 is 2.64 bits per heavy atom. The summed E-state index contributed by atoms with van der Waals surface area (Å²) in [6.07, 6.45) is 3.55. The first kappa shape index (κ1) is 17.0. The Morgan fingerprint density at radius 1 is 1.41 bits per heavy atom. The molecule has 1 heterocycles. The van der Waals surface area contributed by atoms with Gasteiger partial charge < -0.3 is 19.6 Å². The molecule has 1 saturated carbocycles. The van der Waals surface area contributed by atoms with Gasteiger partial charge in [-0.1, -0.05) is 0 Å². The number of esters is 1. The molecular formula is C17H27NO4. The van der Waals surface area contributed by atoms with Gasteiger partial charge in [-0.05, 0) is 58.6 Å². The van der Waals surface area contributed by atoms with Crippen molar-refractivity contribution in [3.05, 3.63) is 23.7 Å². The smallest absolute Gasteiger partial charge is 0.308 e. The van der Waals surface area contributed by atoms with Gasteiger partial charge in [-0.25, -0.2) is 0 Å². The van der Waals surface area contributed by atoms with Crippen LogP contribution in [0.1, 0.15) is 51.1 Å². The van der Waals surface area contributed by atoms with Crippen LogP contribution >= 0.6 is 0 Å². The Morgan fingerprint density at radius 2 is 2.09 bits per heavy atom. The average molecular weight is 309 g/mol. The zero-order valence-electron chi connectivity index (χ0n) is 13.7. The zero-order chi connectivity index (χ0) is 16.2. The molecule has 1 atom stereocenters. The number of rotatable bonds is 6. The number of carbonyl (C=O) groups is 1. The van der Waals surface area contributed by atoms with E-state index >= 15 is 0 Å². The summed E-state index contributed by atoms with van der Waals surface area (Å²) in [4.78, 5) is 11.7. The van der Waals surface area contributed by atoms with Crippen molar-refractivity contribution in [3.63, 3.8) is 0 Å². The molecule has 5 nitrogen and oxygen atoms in total. The van der Waals surface area contributed by atoms with Crippen molar-refractivity contribution < 1.29 is 19.1 Å². The molecule has 1 aromatic heterocycles. The van der Waals surface area contributed by atoms with Gasteiger partial charge in [0.1, 0.15) is 17.1 Å². The third-order valence-corrected chi connectivity index (χ3v) is 4.35. The number of nitrogens with one attached hydrogen (secondary N) is 1. The number of hydrogen-bond donors (Lipinski definition) is 2. The van der Waals surface area contributed by atoms with E-state index in [2.05, 4.69) is 5.32 Å². The quantitative estimate of drug-likeness (QED) is 0.790. The highest BCUT2D eigenvalue weighted by Gasteiger charge is 2.30. The molecule has 1 aliphatic carbocycles. The molecule has 0 bridgehead atoms. The highest BCUT2D eigenvalue weighted by Crippen LogP contribution is 2.27. The third kappa shape index (κ3) is 4.34. The molecular weight excluding hydrogens is 282 g/mol. The molecule has 0 aromatic carbocycles. The van der Waals surface area contributed by atoms with E-state index in [9.17, 15) is 9.90 Å². The molecule has 1 aliphatic rings. The molecule has 0 radical (unpaired) electrons. The van der Waals surface area contributed by atoms with Gasteiger partial charge in [0.25, 0.3) is 0 Å². The third-order valence-electron chi connectivity index (χ3n) is 4.35. The summed E-state index contributed by atoms with van der Waals surface area (Å²) in [5, 5.41) is 13.9. The van der Waals surface area contributed by atoms with Gasteiger partial charge in [-0.3, -0.25) is 4.79 Å². The molecule has 0 amide bonds. The highest BCUT2D eigenvalue weighted by molar-refractivity contribution is 5.72. The number of carbonyl (C=O) groups excluding carboxylic acids is 1. The first-order chi connectivity index (χ1) is 10.4. The van der Waals surface area contributed by atoms with E-state index < -0.39 is 5.60 Å². The van der Waals surface area contributed by atoms with Crippen molar-refractivity contribution in [3.8, 4) is 0 Å². The summed E-state index contributed by atoms with van der Waals surface area (Å²) in [5.41, 5.74) is -1.02. The maximum Gasteiger partial charge on any atom is 0.308 e. The van der Waals surface area contributed by atoms with Crippen LogP contribution in [0.4, 0.5) is 0 Å². The molecule has 0 saturated heterocycles. The Kier molecular flexibility index (Phi) is 5.64. The van der Waals surface area contributed by atoms with E-state index in [0.717, 1.165) is 31.4 Å². The molecule has 0 spiro atoms. The minimum Gasteiger partial charge on any atom is -0.466 e. The minimum absolute atomic E-state index is 0.0335. The fourth-order valence-electron chi connectivity index (χ4n) is 2.95. The Hall–Kier alpha value is -1.33. The number of ether oxygens (including phenoxy) is 1. The molecule has 5 heteroatoms. The first-order valence-electron chi connectivity index (χ1n) is 8.11. The van der Waals surface area contributed by atoms with Crippen LogP contribution in [0.15, 0.2) is 16.5 Å². The predicted molar refractivity (Wildman–Crippen MR) is 83.4 cm³/mol. The summed E-state index contributed by atoms with van der Waals surface area (Å²) in [5.74, 6) is 1.34. The largest absolute Gasteiger partial charge is 0.466 e. The first-order valence-corrected chi connectivity index (χ1v) is 8.11. The lowest BCUT2D eigenvalue weighted by Gasteiger charge is -2.30. The Labute approximate surface area is 132 Å². The van der Waals surface area contributed by atoms with Crippen molar-refractivity contribution in [2.24, 2.45) is 5.92 Å². The minimum atomic E-state index is -1.02. The van der Waals surface area contributed by atoms with Gasteiger partial charge in [-0.15, -0.1) is 0 Å². The van der Waals surface area contributed by atoms with Crippen molar-refractivity contribution >= 4 is 5.97 Å². The van der Waals surface area contributed by atoms with Gasteiger partial charge in [0.2, 0.25) is 0 Å². The molecule has 1 aromatic rings. The summed E-state index contributed by atoms with van der Waals surface area (Å²) >= 11 is 0. The van der Waals surface area contributed by atoms with Crippen LogP contribution in [0.25, 0.3) is 0 Å². The summed E-state index contributed by atoms with van der Waals surface area (Å²) in [7, 11) is 0. The number of furan rings is 1. The van der Waals surface area contributed by atoms with Crippen LogP contribution in [0.5, 0.6) is 0 Å². The van der Waals surface area contributed by atoms with Gasteiger partial charge >= 0.3 is 5.97 Å². The van der Waals surface area contributed by atoms with Crippen LogP contribution in [0.2, 0.25) is 0 Å². The fraction of sp³-hybridized carbons (Fsp3) is 0.706. The molecule has 22 heavy (non-hydrogen) atoms. The molecule has 1 fully saturated rings. The average Bonchev–Trinajstić information content (AvgIpc) is 2.93. The standard InChI is InChI=1S/C17H27NO4/c1-4-21-16(19)13-6-8-14(9-7-13)18-11-17(3,20)15-10-5-12(2)22-15/h5,10,13-14,18,20H,4,6-9,11H2,1-3H3. The van der Waals surface area contributed by atoms with Crippen LogP contribution in [0.3, 0.4) is 0 Å². The summed E-state index contributed by atoms with van der Waals surface area (Å²) in [6.45, 7) is 6.34. The SMILES string of the molecule is CCOC(=O)C1CCC(NCC(C)(O)c2ccc(C)o2)CC1. The molecule has 2 N–H and O–H groups in total. The van der Waals surface area contributed by atoms with Gasteiger partial charge in [0.15, 0.2) is 0 Å². The van der Waals surface area contributed by atoms with E-state index in [1.54, 1.807) is 6.92 Å². The second kappa shape index (κ2) is 7.29. The topological polar surface area (TPSA) is 71.7 Å². The maximum absolute atomic E-state index is 11.7. The van der Waals surface area contributed by atoms with Gasteiger partial charge in [0, 0.05) is 12.6 Å². The second-order valence-corrected chi connectivity index (χ2v) is 6.37. The fourth-order valence-corrected chi connectivity index (χ4v) is 2.95. The molecule has 1 unspecified atom stereocenters. The van der Waals surface area contributed by atoms with E-state index in [1.165, 1.54) is 0 Å². The predicted octanol–water partition coefficient (Wildman–Crippen LogP) is 2.51. The lowest BCUT2D eigenvalue weighted by Crippen LogP contribution is -2.42. The van der Waals surface area contributed by atoms with Crippen LogP contribution in [-0.4, -0.2) is 30.3 Å². The van der Waals surface area contributed by atoms with Gasteiger partial charge in [0.05, 0.1) is 12.5 Å². The second-order valence-electron chi connectivity index (χ2n) is 6.37. The number of hydrogen-bond acceptors (Lipinski definition) is 5. The van der Waals surface area contributed by atoms with Crippen LogP contribution < -0.4 is 5.32 Å². The molecule has 124 valence electrons. The summed E-state index contributed by atoms with van der Waals surface area (Å²) < 4.78 is 10.6. The molecule has 2 rings (SSSR count). The van der Waals surface area contributed by atoms with E-state index in [1.807, 2.05) is 26.0 Å². The van der Waals surface area contributed by atoms with Crippen molar-refractivity contribution in [1.82, 2.24) is 5.32 Å². The monoisotopic (exact) mass is 309 g/mol. The lowest BCUT2D eigenvalue weighted by molar-refractivity contribution is -0.149.